The zero-order valence-corrected chi connectivity index (χ0v) is 21.0. The Morgan fingerprint density at radius 1 is 1.17 bits per heavy atom. The molecule has 0 aliphatic heterocycles. The summed E-state index contributed by atoms with van der Waals surface area (Å²) < 4.78 is 32.7. The van der Waals surface area contributed by atoms with Gasteiger partial charge in [0.05, 0.1) is 29.7 Å². The summed E-state index contributed by atoms with van der Waals surface area (Å²) in [6.07, 6.45) is 1.21. The topological polar surface area (TPSA) is 131 Å². The average molecular weight is 531 g/mol. The number of sulfonamides is 1. The Labute approximate surface area is 213 Å². The molecular weight excluding hydrogens is 508 g/mol. The average Bonchev–Trinajstić information content (AvgIpc) is 2.85. The van der Waals surface area contributed by atoms with Crippen LogP contribution in [0.2, 0.25) is 5.02 Å². The summed E-state index contributed by atoms with van der Waals surface area (Å²) in [5, 5.41) is 15.4. The number of nitrogens with zero attached hydrogens (tertiary/aromatic N) is 3. The van der Waals surface area contributed by atoms with Gasteiger partial charge in [-0.15, -0.1) is 0 Å². The number of rotatable bonds is 10. The summed E-state index contributed by atoms with van der Waals surface area (Å²) >= 11 is 5.90. The molecule has 3 aromatic carbocycles. The smallest absolute Gasteiger partial charge is 0.311 e. The molecule has 188 valence electrons. The van der Waals surface area contributed by atoms with Crippen molar-refractivity contribution in [2.75, 3.05) is 13.7 Å². The highest BCUT2D eigenvalue weighted by molar-refractivity contribution is 7.89. The van der Waals surface area contributed by atoms with Crippen molar-refractivity contribution in [1.82, 2.24) is 9.73 Å². The quantitative estimate of drug-likeness (QED) is 0.240. The van der Waals surface area contributed by atoms with Crippen molar-refractivity contribution in [3.05, 3.63) is 98.6 Å². The number of nitro benzene ring substituents is 1. The predicted molar refractivity (Wildman–Crippen MR) is 136 cm³/mol. The fraction of sp³-hybridized carbons (Fsp3) is 0.167. The van der Waals surface area contributed by atoms with Crippen LogP contribution in [0.1, 0.15) is 16.7 Å². The van der Waals surface area contributed by atoms with E-state index < -0.39 is 27.4 Å². The van der Waals surface area contributed by atoms with Crippen LogP contribution < -0.4 is 10.2 Å². The maximum absolute atomic E-state index is 13.3. The van der Waals surface area contributed by atoms with E-state index in [1.807, 2.05) is 19.1 Å². The molecule has 3 aromatic rings. The maximum Gasteiger partial charge on any atom is 0.311 e. The molecule has 10 nitrogen and oxygen atoms in total. The van der Waals surface area contributed by atoms with Crippen LogP contribution >= 0.6 is 11.6 Å². The normalized spacial score (nSPS) is 11.6. The molecule has 0 aromatic heterocycles. The molecule has 3 rings (SSSR count). The molecule has 0 unspecified atom stereocenters. The van der Waals surface area contributed by atoms with Gasteiger partial charge < -0.3 is 4.74 Å². The molecule has 0 saturated heterocycles. The monoisotopic (exact) mass is 530 g/mol. The summed E-state index contributed by atoms with van der Waals surface area (Å²) in [6.45, 7) is 1.29. The number of methoxy groups -OCH3 is 1. The van der Waals surface area contributed by atoms with Crippen molar-refractivity contribution in [2.45, 2.75) is 18.4 Å². The van der Waals surface area contributed by atoms with E-state index in [4.69, 9.17) is 16.3 Å². The number of hydrogen-bond acceptors (Lipinski definition) is 7. The number of nitro groups is 1. The van der Waals surface area contributed by atoms with Crippen LogP contribution in [0.15, 0.2) is 76.7 Å². The van der Waals surface area contributed by atoms with Crippen molar-refractivity contribution in [2.24, 2.45) is 5.10 Å². The van der Waals surface area contributed by atoms with Crippen molar-refractivity contribution in [3.63, 3.8) is 0 Å². The number of benzene rings is 3. The summed E-state index contributed by atoms with van der Waals surface area (Å²) in [5.74, 6) is -0.610. The first kappa shape index (κ1) is 26.8. The molecule has 12 heteroatoms. The summed E-state index contributed by atoms with van der Waals surface area (Å²) in [4.78, 5) is 23.2. The first-order valence-corrected chi connectivity index (χ1v) is 12.4. The van der Waals surface area contributed by atoms with Crippen LogP contribution in [0.5, 0.6) is 5.75 Å². The lowest BCUT2D eigenvalue weighted by Crippen LogP contribution is -2.39. The Morgan fingerprint density at radius 2 is 1.86 bits per heavy atom. The molecule has 0 radical (unpaired) electrons. The van der Waals surface area contributed by atoms with E-state index in [2.05, 4.69) is 10.5 Å². The SMILES string of the molecule is COc1ccc(/C=N\NC(=O)CN(Cc2ccccc2C)S(=O)(=O)c2ccc(Cl)cc2)cc1[N+](=O)[O-]. The van der Waals surface area contributed by atoms with Gasteiger partial charge in [0.15, 0.2) is 5.75 Å². The standard InChI is InChI=1S/C24H23ClN4O6S/c1-17-5-3-4-6-19(17)15-28(36(33,34)21-10-8-20(25)9-11-21)16-24(30)27-26-14-18-7-12-23(35-2)22(13-18)29(31)32/h3-14H,15-16H2,1-2H3,(H,27,30)/b26-14-. The van der Waals surface area contributed by atoms with E-state index in [0.717, 1.165) is 15.4 Å². The Balaban J connectivity index is 1.80. The van der Waals surface area contributed by atoms with Crippen molar-refractivity contribution < 1.29 is 22.9 Å². The summed E-state index contributed by atoms with van der Waals surface area (Å²) in [7, 11) is -2.74. The highest BCUT2D eigenvalue weighted by Gasteiger charge is 2.27. The van der Waals surface area contributed by atoms with E-state index in [1.54, 1.807) is 12.1 Å². The van der Waals surface area contributed by atoms with Crippen molar-refractivity contribution in [3.8, 4) is 5.75 Å². The fourth-order valence-electron chi connectivity index (χ4n) is 3.26. The molecule has 0 heterocycles. The van der Waals surface area contributed by atoms with Crippen molar-refractivity contribution in [1.29, 1.82) is 0 Å². The van der Waals surface area contributed by atoms with Gasteiger partial charge in [0.1, 0.15) is 0 Å². The van der Waals surface area contributed by atoms with Gasteiger partial charge in [0, 0.05) is 23.2 Å². The van der Waals surface area contributed by atoms with Gasteiger partial charge in [-0.3, -0.25) is 14.9 Å². The predicted octanol–water partition coefficient (Wildman–Crippen LogP) is 3.91. The Hall–Kier alpha value is -3.80. The highest BCUT2D eigenvalue weighted by Crippen LogP contribution is 2.27. The number of amides is 1. The van der Waals surface area contributed by atoms with Gasteiger partial charge in [0.2, 0.25) is 10.0 Å². The number of carbonyl (C=O) groups excluding carboxylic acids is 1. The van der Waals surface area contributed by atoms with Crippen LogP contribution in [0.4, 0.5) is 5.69 Å². The Kier molecular flexibility index (Phi) is 8.75. The molecule has 1 amide bonds. The molecule has 0 aliphatic rings. The van der Waals surface area contributed by atoms with Gasteiger partial charge in [-0.05, 0) is 54.4 Å². The first-order chi connectivity index (χ1) is 17.1. The zero-order chi connectivity index (χ0) is 26.3. The lowest BCUT2D eigenvalue weighted by atomic mass is 10.1. The second-order valence-electron chi connectivity index (χ2n) is 7.64. The molecule has 0 spiro atoms. The second kappa shape index (κ2) is 11.8. The number of hydrogen-bond donors (Lipinski definition) is 1. The van der Waals surface area contributed by atoms with Crippen LogP contribution in [0.3, 0.4) is 0 Å². The van der Waals surface area contributed by atoms with Gasteiger partial charge >= 0.3 is 5.69 Å². The van der Waals surface area contributed by atoms with E-state index in [-0.39, 0.29) is 22.9 Å². The maximum atomic E-state index is 13.3. The lowest BCUT2D eigenvalue weighted by molar-refractivity contribution is -0.385. The Bertz CT molecular complexity index is 1390. The van der Waals surface area contributed by atoms with Crippen LogP contribution in [-0.4, -0.2) is 43.4 Å². The molecular formula is C24H23ClN4O6S. The fourth-order valence-corrected chi connectivity index (χ4v) is 4.76. The molecule has 0 atom stereocenters. The minimum absolute atomic E-state index is 0.0117. The second-order valence-corrected chi connectivity index (χ2v) is 10.0. The van der Waals surface area contributed by atoms with E-state index in [1.165, 1.54) is 55.8 Å². The van der Waals surface area contributed by atoms with E-state index in [9.17, 15) is 23.3 Å². The number of nitrogens with one attached hydrogen (secondary N) is 1. The summed E-state index contributed by atoms with van der Waals surface area (Å²) in [6, 6.07) is 17.1. The lowest BCUT2D eigenvalue weighted by Gasteiger charge is -2.22. The molecule has 0 aliphatic carbocycles. The van der Waals surface area contributed by atoms with Gasteiger partial charge in [-0.25, -0.2) is 13.8 Å². The van der Waals surface area contributed by atoms with E-state index >= 15 is 0 Å². The molecule has 0 bridgehead atoms. The van der Waals surface area contributed by atoms with Gasteiger partial charge in [0.25, 0.3) is 5.91 Å². The molecule has 0 saturated carbocycles. The minimum atomic E-state index is -4.05. The molecule has 0 fully saturated rings. The Morgan fingerprint density at radius 3 is 2.50 bits per heavy atom. The molecule has 1 N–H and O–H groups in total. The van der Waals surface area contributed by atoms with Crippen LogP contribution in [-0.2, 0) is 21.4 Å². The summed E-state index contributed by atoms with van der Waals surface area (Å²) in [5.41, 5.74) is 3.96. The van der Waals surface area contributed by atoms with Crippen LogP contribution in [0, 0.1) is 17.0 Å². The number of carbonyl (C=O) groups is 1. The van der Waals surface area contributed by atoms with E-state index in [0.29, 0.717) is 10.6 Å². The highest BCUT2D eigenvalue weighted by atomic mass is 35.5. The number of halogens is 1. The van der Waals surface area contributed by atoms with Gasteiger partial charge in [-0.2, -0.15) is 9.41 Å². The minimum Gasteiger partial charge on any atom is -0.490 e. The van der Waals surface area contributed by atoms with Crippen LogP contribution in [0.25, 0.3) is 0 Å². The first-order valence-electron chi connectivity index (χ1n) is 10.6. The third-order valence-electron chi connectivity index (χ3n) is 5.18. The zero-order valence-electron chi connectivity index (χ0n) is 19.4. The third-order valence-corrected chi connectivity index (χ3v) is 7.24. The number of aryl methyl sites for hydroxylation is 1. The third kappa shape index (κ3) is 6.66. The number of hydrazone groups is 1. The number of ether oxygens (including phenoxy) is 1. The van der Waals surface area contributed by atoms with Crippen molar-refractivity contribution >= 4 is 39.4 Å². The molecule has 36 heavy (non-hydrogen) atoms. The van der Waals surface area contributed by atoms with Gasteiger partial charge in [-0.1, -0.05) is 35.9 Å². The largest absolute Gasteiger partial charge is 0.490 e.